The van der Waals surface area contributed by atoms with Crippen LogP contribution in [0.2, 0.25) is 0 Å². The number of anilines is 1. The van der Waals surface area contributed by atoms with Gasteiger partial charge in [-0.15, -0.1) is 0 Å². The zero-order valence-electron chi connectivity index (χ0n) is 10.8. The first-order chi connectivity index (χ1) is 8.70. The highest BCUT2D eigenvalue weighted by Gasteiger charge is 2.34. The number of alkyl halides is 3. The van der Waals surface area contributed by atoms with Crippen molar-refractivity contribution in [2.75, 3.05) is 5.73 Å². The Hall–Kier alpha value is -1.99. The van der Waals surface area contributed by atoms with Crippen LogP contribution in [0.25, 0.3) is 0 Å². The van der Waals surface area contributed by atoms with Crippen molar-refractivity contribution < 1.29 is 13.2 Å². The predicted molar refractivity (Wildman–Crippen MR) is 63.5 cm³/mol. The second kappa shape index (κ2) is 4.29. The molecule has 19 heavy (non-hydrogen) atoms. The van der Waals surface area contributed by atoms with E-state index in [1.54, 1.807) is 20.8 Å². The molecule has 0 fully saturated rings. The third-order valence-corrected chi connectivity index (χ3v) is 2.98. The van der Waals surface area contributed by atoms with Gasteiger partial charge < -0.3 is 5.73 Å². The van der Waals surface area contributed by atoms with Gasteiger partial charge in [0.25, 0.3) is 0 Å². The molecule has 8 heteroatoms. The summed E-state index contributed by atoms with van der Waals surface area (Å²) in [6.07, 6.45) is -4.44. The van der Waals surface area contributed by atoms with Crippen LogP contribution < -0.4 is 5.73 Å². The van der Waals surface area contributed by atoms with Crippen molar-refractivity contribution in [1.82, 2.24) is 19.6 Å². The van der Waals surface area contributed by atoms with Gasteiger partial charge in [0.2, 0.25) is 0 Å². The van der Waals surface area contributed by atoms with Gasteiger partial charge >= 0.3 is 6.18 Å². The lowest BCUT2D eigenvalue weighted by atomic mass is 10.3. The molecule has 2 rings (SSSR count). The Morgan fingerprint density at radius 1 is 1.16 bits per heavy atom. The minimum Gasteiger partial charge on any atom is -0.396 e. The number of nitrogens with zero attached hydrogens (tertiary/aromatic N) is 4. The van der Waals surface area contributed by atoms with Gasteiger partial charge in [0.1, 0.15) is 6.67 Å². The second-order valence-corrected chi connectivity index (χ2v) is 4.39. The average Bonchev–Trinajstić information content (AvgIpc) is 2.77. The number of aryl methyl sites for hydroxylation is 2. The lowest BCUT2D eigenvalue weighted by Gasteiger charge is -2.07. The van der Waals surface area contributed by atoms with Crippen LogP contribution in [0, 0.1) is 20.8 Å². The van der Waals surface area contributed by atoms with Crippen LogP contribution in [0.5, 0.6) is 0 Å². The fourth-order valence-corrected chi connectivity index (χ4v) is 1.77. The highest BCUT2D eigenvalue weighted by molar-refractivity contribution is 5.46. The van der Waals surface area contributed by atoms with Crippen molar-refractivity contribution in [3.63, 3.8) is 0 Å². The molecule has 0 spiro atoms. The molecular weight excluding hydrogens is 259 g/mol. The maximum absolute atomic E-state index is 12.5. The van der Waals surface area contributed by atoms with E-state index in [1.807, 2.05) is 0 Å². The smallest absolute Gasteiger partial charge is 0.396 e. The lowest BCUT2D eigenvalue weighted by Crippen LogP contribution is -2.15. The highest BCUT2D eigenvalue weighted by atomic mass is 19.4. The van der Waals surface area contributed by atoms with Crippen molar-refractivity contribution >= 4 is 5.69 Å². The molecular formula is C11H14F3N5. The van der Waals surface area contributed by atoms with Crippen molar-refractivity contribution in [2.24, 2.45) is 0 Å². The molecule has 2 N–H and O–H groups in total. The van der Waals surface area contributed by atoms with E-state index in [4.69, 9.17) is 5.73 Å². The minimum absolute atomic E-state index is 0.103. The van der Waals surface area contributed by atoms with E-state index in [1.165, 1.54) is 9.36 Å². The molecule has 0 atom stereocenters. The van der Waals surface area contributed by atoms with Crippen LogP contribution in [-0.4, -0.2) is 19.6 Å². The second-order valence-electron chi connectivity index (χ2n) is 4.39. The van der Waals surface area contributed by atoms with E-state index in [2.05, 4.69) is 10.2 Å². The molecule has 2 aromatic rings. The number of rotatable bonds is 2. The number of aromatic nitrogens is 4. The summed E-state index contributed by atoms with van der Waals surface area (Å²) < 4.78 is 40.4. The van der Waals surface area contributed by atoms with Gasteiger partial charge in [-0.05, 0) is 26.8 Å². The van der Waals surface area contributed by atoms with Crippen LogP contribution in [-0.2, 0) is 12.8 Å². The molecule has 2 heterocycles. The third-order valence-electron chi connectivity index (χ3n) is 2.98. The van der Waals surface area contributed by atoms with E-state index in [0.29, 0.717) is 22.8 Å². The molecule has 0 saturated heterocycles. The van der Waals surface area contributed by atoms with Gasteiger partial charge in [0.05, 0.1) is 17.1 Å². The van der Waals surface area contributed by atoms with Crippen LogP contribution in [0.1, 0.15) is 22.8 Å². The molecule has 0 amide bonds. The Bertz CT molecular complexity index is 609. The third kappa shape index (κ3) is 2.42. The molecule has 0 aliphatic carbocycles. The number of hydrogen-bond donors (Lipinski definition) is 1. The summed E-state index contributed by atoms with van der Waals surface area (Å²) >= 11 is 0. The standard InChI is InChI=1S/C11H14F3N5/c1-6-4-9(11(12,13)14)17-18(6)5-19-8(3)10(15)7(2)16-19/h4H,5,15H2,1-3H3. The van der Waals surface area contributed by atoms with E-state index in [0.717, 1.165) is 6.07 Å². The van der Waals surface area contributed by atoms with Gasteiger partial charge in [-0.25, -0.2) is 9.36 Å². The van der Waals surface area contributed by atoms with E-state index in [-0.39, 0.29) is 6.67 Å². The number of nitrogens with two attached hydrogens (primary N) is 1. The first kappa shape index (κ1) is 13.4. The lowest BCUT2D eigenvalue weighted by molar-refractivity contribution is -0.141. The van der Waals surface area contributed by atoms with Crippen LogP contribution >= 0.6 is 0 Å². The Morgan fingerprint density at radius 3 is 2.21 bits per heavy atom. The maximum Gasteiger partial charge on any atom is 0.435 e. The molecule has 2 aromatic heterocycles. The Labute approximate surface area is 107 Å². The Balaban J connectivity index is 2.34. The summed E-state index contributed by atoms with van der Waals surface area (Å²) in [5, 5.41) is 7.71. The molecule has 0 unspecified atom stereocenters. The topological polar surface area (TPSA) is 61.7 Å². The molecule has 0 aliphatic rings. The first-order valence-electron chi connectivity index (χ1n) is 5.61. The quantitative estimate of drug-likeness (QED) is 0.911. The van der Waals surface area contributed by atoms with E-state index in [9.17, 15) is 13.2 Å². The summed E-state index contributed by atoms with van der Waals surface area (Å²) in [6.45, 7) is 5.18. The SMILES string of the molecule is Cc1nn(Cn2nc(C(F)(F)F)cc2C)c(C)c1N. The number of halogens is 3. The normalized spacial score (nSPS) is 12.1. The fourth-order valence-electron chi connectivity index (χ4n) is 1.77. The monoisotopic (exact) mass is 273 g/mol. The fraction of sp³-hybridized carbons (Fsp3) is 0.455. The number of hydrogen-bond acceptors (Lipinski definition) is 3. The molecule has 5 nitrogen and oxygen atoms in total. The average molecular weight is 273 g/mol. The summed E-state index contributed by atoms with van der Waals surface area (Å²) in [4.78, 5) is 0. The van der Waals surface area contributed by atoms with Gasteiger partial charge in [-0.3, -0.25) is 0 Å². The molecule has 0 saturated carbocycles. The van der Waals surface area contributed by atoms with Crippen LogP contribution in [0.4, 0.5) is 18.9 Å². The van der Waals surface area contributed by atoms with Crippen molar-refractivity contribution in [2.45, 2.75) is 33.6 Å². The van der Waals surface area contributed by atoms with E-state index < -0.39 is 11.9 Å². The van der Waals surface area contributed by atoms with Crippen molar-refractivity contribution in [3.05, 3.63) is 28.8 Å². The van der Waals surface area contributed by atoms with Gasteiger partial charge in [-0.2, -0.15) is 23.4 Å². The van der Waals surface area contributed by atoms with Gasteiger partial charge in [-0.1, -0.05) is 0 Å². The zero-order chi connectivity index (χ0) is 14.4. The van der Waals surface area contributed by atoms with Crippen LogP contribution in [0.15, 0.2) is 6.07 Å². The molecule has 0 aliphatic heterocycles. The summed E-state index contributed by atoms with van der Waals surface area (Å²) in [7, 11) is 0. The van der Waals surface area contributed by atoms with Crippen LogP contribution in [0.3, 0.4) is 0 Å². The summed E-state index contributed by atoms with van der Waals surface area (Å²) in [5.41, 5.74) is 7.19. The minimum atomic E-state index is -4.44. The Morgan fingerprint density at radius 2 is 1.79 bits per heavy atom. The Kier molecular flexibility index (Phi) is 3.03. The first-order valence-corrected chi connectivity index (χ1v) is 5.61. The molecule has 0 aromatic carbocycles. The largest absolute Gasteiger partial charge is 0.435 e. The maximum atomic E-state index is 12.5. The van der Waals surface area contributed by atoms with Gasteiger partial charge in [0.15, 0.2) is 5.69 Å². The molecule has 104 valence electrons. The van der Waals surface area contributed by atoms with Crippen molar-refractivity contribution in [1.29, 1.82) is 0 Å². The highest BCUT2D eigenvalue weighted by Crippen LogP contribution is 2.28. The molecule has 0 bridgehead atoms. The van der Waals surface area contributed by atoms with Crippen molar-refractivity contribution in [3.8, 4) is 0 Å². The summed E-state index contributed by atoms with van der Waals surface area (Å²) in [5.74, 6) is 0. The number of nitrogen functional groups attached to an aromatic ring is 1. The summed E-state index contributed by atoms with van der Waals surface area (Å²) in [6, 6.07) is 1.01. The van der Waals surface area contributed by atoms with Gasteiger partial charge in [0, 0.05) is 5.69 Å². The molecule has 0 radical (unpaired) electrons. The zero-order valence-corrected chi connectivity index (χ0v) is 10.8. The van der Waals surface area contributed by atoms with E-state index >= 15 is 0 Å². The predicted octanol–water partition coefficient (Wildman–Crippen LogP) is 2.11.